The topological polar surface area (TPSA) is 30.2 Å². The average molecular weight is 301 g/mol. The number of aliphatic imine (C=N–C) groups is 1. The van der Waals surface area contributed by atoms with E-state index in [1.165, 1.54) is 0 Å². The van der Waals surface area contributed by atoms with Gasteiger partial charge in [0.2, 0.25) is 0 Å². The number of aryl methyl sites for hydroxylation is 1. The molecule has 1 rings (SSSR count). The van der Waals surface area contributed by atoms with Crippen LogP contribution in [-0.4, -0.2) is 13.5 Å². The molecule has 0 fully saturated rings. The zero-order chi connectivity index (χ0) is 10.7. The highest BCUT2D eigenvalue weighted by atomic mass is 127. The van der Waals surface area contributed by atoms with Crippen LogP contribution < -0.4 is 0 Å². The Balaban J connectivity index is 3.31. The molecule has 4 heteroatoms. The summed E-state index contributed by atoms with van der Waals surface area (Å²) in [5.74, 6) is 1.73. The molecule has 0 aromatic carbocycles. The van der Waals surface area contributed by atoms with Gasteiger partial charge in [-0.2, -0.15) is 0 Å². The van der Waals surface area contributed by atoms with E-state index in [0.29, 0.717) is 0 Å². The zero-order valence-corrected chi connectivity index (χ0v) is 10.4. The maximum absolute atomic E-state index is 4.39. The number of hydrogen-bond acceptors (Lipinski definition) is 2. The predicted octanol–water partition coefficient (Wildman–Crippen LogP) is 3.31. The minimum atomic E-state index is 0.804. The van der Waals surface area contributed by atoms with Crippen molar-refractivity contribution in [1.82, 2.24) is 7.76 Å². The van der Waals surface area contributed by atoms with Gasteiger partial charge in [0, 0.05) is 5.71 Å². The van der Waals surface area contributed by atoms with Gasteiger partial charge in [-0.1, -0.05) is 13.2 Å². The molecule has 0 saturated carbocycles. The Labute approximate surface area is 97.8 Å². The summed E-state index contributed by atoms with van der Waals surface area (Å²) < 4.78 is 1.90. The molecule has 0 spiro atoms. The van der Waals surface area contributed by atoms with E-state index in [-0.39, 0.29) is 0 Å². The Morgan fingerprint density at radius 3 is 2.71 bits per heavy atom. The summed E-state index contributed by atoms with van der Waals surface area (Å²) in [4.78, 5) is 8.70. The summed E-state index contributed by atoms with van der Waals surface area (Å²) in [6, 6.07) is 0. The molecule has 0 N–H and O–H groups in total. The minimum Gasteiger partial charge on any atom is -0.252 e. The SMILES string of the molecule is C=CC(C)=Nc1c(C=C)nc(C)n1I. The van der Waals surface area contributed by atoms with Gasteiger partial charge in [0.1, 0.15) is 11.5 Å². The maximum atomic E-state index is 4.39. The first-order valence-electron chi connectivity index (χ1n) is 4.15. The molecule has 1 aromatic heterocycles. The molecule has 0 atom stereocenters. The van der Waals surface area contributed by atoms with Crippen molar-refractivity contribution >= 4 is 40.5 Å². The second-order valence-corrected chi connectivity index (χ2v) is 3.77. The first-order valence-corrected chi connectivity index (χ1v) is 5.12. The van der Waals surface area contributed by atoms with E-state index in [4.69, 9.17) is 0 Å². The summed E-state index contributed by atoms with van der Waals surface area (Å²) >= 11 is 2.16. The van der Waals surface area contributed by atoms with Crippen LogP contribution in [0.3, 0.4) is 0 Å². The number of nitrogens with zero attached hydrogens (tertiary/aromatic N) is 3. The standard InChI is InChI=1S/C10H12IN3/c1-5-7(3)12-10-9(6-2)13-8(4)14(10)11/h5-6H,1-2H2,3-4H3. The number of aromatic nitrogens is 2. The van der Waals surface area contributed by atoms with Crippen LogP contribution in [-0.2, 0) is 0 Å². The van der Waals surface area contributed by atoms with Gasteiger partial charge in [-0.15, -0.1) is 0 Å². The average Bonchev–Trinajstić information content (AvgIpc) is 2.45. The third-order valence-electron chi connectivity index (χ3n) is 1.75. The fourth-order valence-electron chi connectivity index (χ4n) is 0.973. The molecule has 1 aromatic rings. The third kappa shape index (κ3) is 2.12. The molecule has 1 heterocycles. The largest absolute Gasteiger partial charge is 0.252 e. The quantitative estimate of drug-likeness (QED) is 0.622. The van der Waals surface area contributed by atoms with Crippen molar-refractivity contribution < 1.29 is 0 Å². The second-order valence-electron chi connectivity index (χ2n) is 2.81. The van der Waals surface area contributed by atoms with Crippen molar-refractivity contribution in [3.63, 3.8) is 0 Å². The van der Waals surface area contributed by atoms with Gasteiger partial charge in [0.15, 0.2) is 5.82 Å². The number of rotatable bonds is 3. The van der Waals surface area contributed by atoms with Crippen LogP contribution in [0.25, 0.3) is 6.08 Å². The highest BCUT2D eigenvalue weighted by Crippen LogP contribution is 2.24. The van der Waals surface area contributed by atoms with Crippen molar-refractivity contribution in [1.29, 1.82) is 0 Å². The number of allylic oxidation sites excluding steroid dienone is 1. The van der Waals surface area contributed by atoms with Crippen LogP contribution in [0.1, 0.15) is 18.4 Å². The van der Waals surface area contributed by atoms with Crippen LogP contribution in [0, 0.1) is 6.92 Å². The number of hydrogen-bond donors (Lipinski definition) is 0. The Morgan fingerprint density at radius 1 is 1.57 bits per heavy atom. The number of halogens is 1. The third-order valence-corrected chi connectivity index (χ3v) is 2.91. The monoisotopic (exact) mass is 301 g/mol. The van der Waals surface area contributed by atoms with E-state index in [0.717, 1.165) is 23.0 Å². The van der Waals surface area contributed by atoms with Crippen LogP contribution in [0.5, 0.6) is 0 Å². The minimum absolute atomic E-state index is 0.804. The first-order chi connectivity index (χ1) is 6.60. The fourth-order valence-corrected chi connectivity index (χ4v) is 1.44. The van der Waals surface area contributed by atoms with Gasteiger partial charge in [-0.3, -0.25) is 2.78 Å². The summed E-state index contributed by atoms with van der Waals surface area (Å²) in [5.41, 5.74) is 1.67. The second kappa shape index (κ2) is 4.54. The lowest BCUT2D eigenvalue weighted by atomic mass is 10.4. The molecule has 0 aliphatic carbocycles. The van der Waals surface area contributed by atoms with Crippen molar-refractivity contribution in [2.45, 2.75) is 13.8 Å². The molecule has 3 nitrogen and oxygen atoms in total. The van der Waals surface area contributed by atoms with Gasteiger partial charge < -0.3 is 0 Å². The van der Waals surface area contributed by atoms with E-state index >= 15 is 0 Å². The van der Waals surface area contributed by atoms with Gasteiger partial charge in [0.05, 0.1) is 22.9 Å². The molecule has 14 heavy (non-hydrogen) atoms. The lowest BCUT2D eigenvalue weighted by Crippen LogP contribution is -1.86. The number of imidazole rings is 1. The maximum Gasteiger partial charge on any atom is 0.169 e. The Bertz CT molecular complexity index is 402. The lowest BCUT2D eigenvalue weighted by molar-refractivity contribution is 1.12. The fraction of sp³-hybridized carbons (Fsp3) is 0.200. The Kier molecular flexibility index (Phi) is 3.62. The van der Waals surface area contributed by atoms with Crippen molar-refractivity contribution in [2.75, 3.05) is 0 Å². The molecule has 0 aliphatic rings. The molecular weight excluding hydrogens is 289 g/mol. The molecule has 0 bridgehead atoms. The Morgan fingerprint density at radius 2 is 2.21 bits per heavy atom. The van der Waals surface area contributed by atoms with E-state index in [2.05, 4.69) is 46.0 Å². The molecule has 0 aliphatic heterocycles. The van der Waals surface area contributed by atoms with Crippen molar-refractivity contribution in [3.05, 3.63) is 30.8 Å². The molecular formula is C10H12IN3. The Hall–Kier alpha value is -0.910. The lowest BCUT2D eigenvalue weighted by Gasteiger charge is -1.97. The molecule has 0 unspecified atom stereocenters. The van der Waals surface area contributed by atoms with Gasteiger partial charge in [0.25, 0.3) is 0 Å². The van der Waals surface area contributed by atoms with Crippen LogP contribution in [0.4, 0.5) is 5.82 Å². The van der Waals surface area contributed by atoms with Crippen molar-refractivity contribution in [2.24, 2.45) is 4.99 Å². The van der Waals surface area contributed by atoms with E-state index in [9.17, 15) is 0 Å². The molecule has 0 saturated heterocycles. The van der Waals surface area contributed by atoms with Gasteiger partial charge in [-0.05, 0) is 26.0 Å². The van der Waals surface area contributed by atoms with E-state index in [1.54, 1.807) is 12.2 Å². The predicted molar refractivity (Wildman–Crippen MR) is 69.4 cm³/mol. The van der Waals surface area contributed by atoms with Crippen molar-refractivity contribution in [3.8, 4) is 0 Å². The molecule has 0 amide bonds. The highest BCUT2D eigenvalue weighted by molar-refractivity contribution is 14.1. The summed E-state index contributed by atoms with van der Waals surface area (Å²) in [6.07, 6.45) is 3.42. The zero-order valence-electron chi connectivity index (χ0n) is 8.29. The van der Waals surface area contributed by atoms with Crippen LogP contribution in [0.2, 0.25) is 0 Å². The first kappa shape index (κ1) is 11.2. The van der Waals surface area contributed by atoms with Crippen LogP contribution >= 0.6 is 22.9 Å². The van der Waals surface area contributed by atoms with Gasteiger partial charge >= 0.3 is 0 Å². The summed E-state index contributed by atoms with van der Waals surface area (Å²) in [7, 11) is 0. The highest BCUT2D eigenvalue weighted by Gasteiger charge is 2.09. The van der Waals surface area contributed by atoms with E-state index in [1.807, 2.05) is 16.6 Å². The van der Waals surface area contributed by atoms with Crippen LogP contribution in [0.15, 0.2) is 24.2 Å². The summed E-state index contributed by atoms with van der Waals surface area (Å²) in [6.45, 7) is 11.2. The smallest absolute Gasteiger partial charge is 0.169 e. The molecule has 74 valence electrons. The molecule has 0 radical (unpaired) electrons. The summed E-state index contributed by atoms with van der Waals surface area (Å²) in [5, 5.41) is 0. The van der Waals surface area contributed by atoms with E-state index < -0.39 is 0 Å². The normalized spacial score (nSPS) is 11.5. The van der Waals surface area contributed by atoms with Gasteiger partial charge in [-0.25, -0.2) is 9.98 Å².